The van der Waals surface area contributed by atoms with Gasteiger partial charge in [0.15, 0.2) is 5.78 Å². The predicted molar refractivity (Wildman–Crippen MR) is 135 cm³/mol. The van der Waals surface area contributed by atoms with Crippen molar-refractivity contribution in [1.82, 2.24) is 10.2 Å². The highest BCUT2D eigenvalue weighted by atomic mass is 32.2. The zero-order chi connectivity index (χ0) is 26.7. The molecule has 0 aromatic heterocycles. The lowest BCUT2D eigenvalue weighted by molar-refractivity contribution is -0.118. The number of Topliss-reactive ketones (excluding diaryl/α,β-unsaturated/α-hetero) is 1. The first-order valence-corrected chi connectivity index (χ1v) is 13.0. The second-order valence-corrected chi connectivity index (χ2v) is 10.7. The number of alkyl halides is 4. The average Bonchev–Trinajstić information content (AvgIpc) is 3.12. The van der Waals surface area contributed by atoms with Gasteiger partial charge in [-0.25, -0.2) is 17.6 Å². The summed E-state index contributed by atoms with van der Waals surface area (Å²) >= 11 is 1.06. The van der Waals surface area contributed by atoms with Crippen LogP contribution in [0.25, 0.3) is 0 Å². The van der Waals surface area contributed by atoms with Crippen LogP contribution in [-0.2, 0) is 23.2 Å². The molecule has 1 N–H and O–H groups in total. The van der Waals surface area contributed by atoms with Crippen LogP contribution in [0.3, 0.4) is 0 Å². The Kier molecular flexibility index (Phi) is 9.03. The van der Waals surface area contributed by atoms with Crippen LogP contribution in [0.5, 0.6) is 0 Å². The van der Waals surface area contributed by atoms with Gasteiger partial charge in [-0.05, 0) is 68.6 Å². The van der Waals surface area contributed by atoms with Crippen LogP contribution in [0.15, 0.2) is 34.2 Å². The maximum atomic E-state index is 14.2. The number of amidine groups is 1. The summed E-state index contributed by atoms with van der Waals surface area (Å²) in [7, 11) is 0. The third-order valence-electron chi connectivity index (χ3n) is 6.48. The standard InChI is InChI=1S/C26H33F4N3O2S/c1-5-6-21(16(2)34)31-23-22(36-24(35)32-23)13-17-9-11-33(12-10-17)15-18-7-8-19(25(3,27)28)14-20(18)26(4,29)30/h7-8,13-14,17,21H,5-6,9-12,15H2,1-4H3,(H,31,32,35)/b22-13-. The molecule has 2 saturated heterocycles. The average molecular weight is 528 g/mol. The highest BCUT2D eigenvalue weighted by molar-refractivity contribution is 8.18. The predicted octanol–water partition coefficient (Wildman–Crippen LogP) is 6.62. The Balaban J connectivity index is 1.69. The zero-order valence-electron chi connectivity index (χ0n) is 21.0. The van der Waals surface area contributed by atoms with Crippen molar-refractivity contribution in [2.24, 2.45) is 10.9 Å². The summed E-state index contributed by atoms with van der Waals surface area (Å²) in [6.45, 7) is 6.42. The number of likely N-dealkylation sites (tertiary alicyclic amines) is 1. The number of rotatable bonds is 9. The van der Waals surface area contributed by atoms with Crippen LogP contribution in [0.1, 0.15) is 70.1 Å². The Hall–Kier alpha value is -2.20. The van der Waals surface area contributed by atoms with Gasteiger partial charge in [-0.2, -0.15) is 0 Å². The molecule has 1 atom stereocenters. The molecular formula is C26H33F4N3O2S. The summed E-state index contributed by atoms with van der Waals surface area (Å²) in [5.74, 6) is -5.87. The fourth-order valence-corrected chi connectivity index (χ4v) is 5.27. The Bertz CT molecular complexity index is 1040. The number of piperidine rings is 1. The van der Waals surface area contributed by atoms with Gasteiger partial charge in [-0.1, -0.05) is 31.6 Å². The molecule has 2 aliphatic heterocycles. The van der Waals surface area contributed by atoms with Crippen molar-refractivity contribution in [1.29, 1.82) is 0 Å². The van der Waals surface area contributed by atoms with Crippen LogP contribution < -0.4 is 5.32 Å². The summed E-state index contributed by atoms with van der Waals surface area (Å²) in [5.41, 5.74) is -0.450. The number of amides is 1. The molecule has 198 valence electrons. The Morgan fingerprint density at radius 2 is 1.89 bits per heavy atom. The van der Waals surface area contributed by atoms with Crippen molar-refractivity contribution in [2.75, 3.05) is 13.1 Å². The van der Waals surface area contributed by atoms with Gasteiger partial charge in [0, 0.05) is 31.5 Å². The highest BCUT2D eigenvalue weighted by Gasteiger charge is 2.33. The number of carbonyl (C=O) groups excluding carboxylic acids is 2. The van der Waals surface area contributed by atoms with Crippen molar-refractivity contribution in [3.63, 3.8) is 0 Å². The molecule has 1 aromatic rings. The van der Waals surface area contributed by atoms with E-state index >= 15 is 0 Å². The smallest absolute Gasteiger partial charge is 0.289 e. The number of carbonyl (C=O) groups is 2. The Morgan fingerprint density at radius 3 is 2.44 bits per heavy atom. The maximum Gasteiger partial charge on any atom is 0.289 e. The first-order valence-electron chi connectivity index (χ1n) is 12.2. The second kappa shape index (κ2) is 11.5. The van der Waals surface area contributed by atoms with Crippen LogP contribution in [-0.4, -0.2) is 40.9 Å². The lowest BCUT2D eigenvalue weighted by Gasteiger charge is -2.32. The molecule has 0 aliphatic carbocycles. The minimum Gasteiger partial charge on any atom is -0.300 e. The summed E-state index contributed by atoms with van der Waals surface area (Å²) in [6, 6.07) is 3.03. The fourth-order valence-electron chi connectivity index (χ4n) is 4.46. The third-order valence-corrected chi connectivity index (χ3v) is 7.31. The number of hydrogen-bond donors (Lipinski definition) is 1. The molecule has 2 aliphatic rings. The van der Waals surface area contributed by atoms with E-state index in [-0.39, 0.29) is 29.0 Å². The number of hydrogen-bond acceptors (Lipinski definition) is 5. The van der Waals surface area contributed by atoms with Gasteiger partial charge in [-0.3, -0.25) is 19.5 Å². The number of aliphatic imine (C=N–C) groups is 1. The highest BCUT2D eigenvalue weighted by Crippen LogP contribution is 2.36. The number of halogens is 4. The minimum atomic E-state index is -3.23. The zero-order valence-corrected chi connectivity index (χ0v) is 21.9. The summed E-state index contributed by atoms with van der Waals surface area (Å²) < 4.78 is 55.9. The van der Waals surface area contributed by atoms with E-state index in [1.165, 1.54) is 19.1 Å². The lowest BCUT2D eigenvalue weighted by atomic mass is 9.93. The number of thioether (sulfide) groups is 1. The van der Waals surface area contributed by atoms with E-state index in [2.05, 4.69) is 10.3 Å². The molecule has 0 radical (unpaired) electrons. The number of nitrogens with one attached hydrogen (secondary N) is 1. The third kappa shape index (κ3) is 7.41. The molecule has 1 amide bonds. The SMILES string of the molecule is CCCC(N=C1NC(=O)S/C1=C\C1CCN(Cc2ccc(C(C)(F)F)cc2C(C)(F)F)CC1)C(C)=O. The van der Waals surface area contributed by atoms with Crippen LogP contribution in [0.4, 0.5) is 22.4 Å². The quantitative estimate of drug-likeness (QED) is 0.367. The minimum absolute atomic E-state index is 0.0455. The first-order chi connectivity index (χ1) is 16.8. The van der Waals surface area contributed by atoms with Gasteiger partial charge in [-0.15, -0.1) is 0 Å². The number of nitrogens with zero attached hydrogens (tertiary/aromatic N) is 2. The number of benzene rings is 1. The van der Waals surface area contributed by atoms with E-state index in [9.17, 15) is 27.2 Å². The summed E-state index contributed by atoms with van der Waals surface area (Å²) in [4.78, 5) is 31.2. The van der Waals surface area contributed by atoms with Crippen LogP contribution in [0.2, 0.25) is 0 Å². The van der Waals surface area contributed by atoms with Crippen molar-refractivity contribution < 1.29 is 27.2 Å². The van der Waals surface area contributed by atoms with Gasteiger partial charge in [0.05, 0.1) is 4.91 Å². The molecule has 0 bridgehead atoms. The Morgan fingerprint density at radius 1 is 1.22 bits per heavy atom. The Labute approximate surface area is 213 Å². The van der Waals surface area contributed by atoms with E-state index in [1.54, 1.807) is 0 Å². The van der Waals surface area contributed by atoms with Crippen molar-refractivity contribution >= 4 is 28.6 Å². The van der Waals surface area contributed by atoms with Gasteiger partial charge in [0.2, 0.25) is 0 Å². The summed E-state index contributed by atoms with van der Waals surface area (Å²) in [6.07, 6.45) is 4.92. The molecule has 2 heterocycles. The van der Waals surface area contributed by atoms with Gasteiger partial charge >= 0.3 is 0 Å². The first kappa shape index (κ1) is 28.4. The molecule has 1 unspecified atom stereocenters. The van der Waals surface area contributed by atoms with E-state index in [0.717, 1.165) is 44.0 Å². The molecule has 1 aromatic carbocycles. The van der Waals surface area contributed by atoms with Gasteiger partial charge in [0.25, 0.3) is 17.1 Å². The van der Waals surface area contributed by atoms with E-state index in [4.69, 9.17) is 0 Å². The van der Waals surface area contributed by atoms with Crippen molar-refractivity contribution in [2.45, 2.75) is 77.8 Å². The molecule has 3 rings (SSSR count). The van der Waals surface area contributed by atoms with Gasteiger partial charge < -0.3 is 5.32 Å². The largest absolute Gasteiger partial charge is 0.300 e. The molecule has 10 heteroatoms. The monoisotopic (exact) mass is 527 g/mol. The fraction of sp³-hybridized carbons (Fsp3) is 0.577. The normalized spacial score (nSPS) is 21.3. The molecule has 5 nitrogen and oxygen atoms in total. The number of ketones is 1. The van der Waals surface area contributed by atoms with E-state index < -0.39 is 23.5 Å². The maximum absolute atomic E-state index is 14.2. The van der Waals surface area contributed by atoms with E-state index in [1.807, 2.05) is 17.9 Å². The topological polar surface area (TPSA) is 61.8 Å². The molecular weight excluding hydrogens is 494 g/mol. The van der Waals surface area contributed by atoms with Crippen LogP contribution >= 0.6 is 11.8 Å². The molecule has 36 heavy (non-hydrogen) atoms. The lowest BCUT2D eigenvalue weighted by Crippen LogP contribution is -2.33. The molecule has 0 spiro atoms. The summed E-state index contributed by atoms with van der Waals surface area (Å²) in [5, 5.41) is 2.50. The van der Waals surface area contributed by atoms with E-state index in [0.29, 0.717) is 42.7 Å². The van der Waals surface area contributed by atoms with Gasteiger partial charge in [0.1, 0.15) is 11.9 Å². The number of allylic oxidation sites excluding steroid dienone is 1. The molecule has 2 fully saturated rings. The van der Waals surface area contributed by atoms with Crippen molar-refractivity contribution in [3.8, 4) is 0 Å². The second-order valence-electron chi connectivity index (χ2n) is 9.70. The molecule has 0 saturated carbocycles. The van der Waals surface area contributed by atoms with Crippen LogP contribution in [0, 0.1) is 5.92 Å². The van der Waals surface area contributed by atoms with Crippen molar-refractivity contribution in [3.05, 3.63) is 45.9 Å².